The number of nitrogens with one attached hydrogen (secondary N) is 1. The average molecular weight is 323 g/mol. The van der Waals surface area contributed by atoms with Crippen molar-refractivity contribution in [2.75, 3.05) is 7.11 Å². The lowest BCUT2D eigenvalue weighted by atomic mass is 10.3. The number of thiophene rings is 2. The van der Waals surface area contributed by atoms with Crippen LogP contribution in [0.2, 0.25) is 0 Å². The number of aliphatic carboxylic acids is 1. The van der Waals surface area contributed by atoms with Gasteiger partial charge in [0.15, 0.2) is 0 Å². The lowest BCUT2D eigenvalue weighted by molar-refractivity contribution is -0.131. The fourth-order valence-corrected chi connectivity index (χ4v) is 3.16. The second-order valence-corrected chi connectivity index (χ2v) is 6.12. The van der Waals surface area contributed by atoms with E-state index in [0.29, 0.717) is 17.2 Å². The van der Waals surface area contributed by atoms with Gasteiger partial charge in [-0.1, -0.05) is 0 Å². The molecular weight excluding hydrogens is 310 g/mol. The van der Waals surface area contributed by atoms with Crippen LogP contribution >= 0.6 is 22.7 Å². The summed E-state index contributed by atoms with van der Waals surface area (Å²) in [4.78, 5) is 24.7. The highest BCUT2D eigenvalue weighted by molar-refractivity contribution is 7.13. The number of carboxylic acid groups (broad SMARTS) is 1. The van der Waals surface area contributed by atoms with Crippen LogP contribution in [0.25, 0.3) is 6.08 Å². The van der Waals surface area contributed by atoms with Crippen LogP contribution in [0.1, 0.15) is 19.4 Å². The summed E-state index contributed by atoms with van der Waals surface area (Å²) < 4.78 is 5.03. The van der Waals surface area contributed by atoms with Crippen molar-refractivity contribution in [3.05, 3.63) is 44.3 Å². The molecule has 21 heavy (non-hydrogen) atoms. The predicted molar refractivity (Wildman–Crippen MR) is 83.0 cm³/mol. The van der Waals surface area contributed by atoms with Gasteiger partial charge >= 0.3 is 5.97 Å². The van der Waals surface area contributed by atoms with Gasteiger partial charge in [0.05, 0.1) is 18.5 Å². The van der Waals surface area contributed by atoms with E-state index in [2.05, 4.69) is 5.32 Å². The Kier molecular flexibility index (Phi) is 5.13. The Morgan fingerprint density at radius 3 is 2.90 bits per heavy atom. The van der Waals surface area contributed by atoms with Crippen molar-refractivity contribution in [1.29, 1.82) is 0 Å². The number of rotatable bonds is 6. The molecule has 0 bridgehead atoms. The van der Waals surface area contributed by atoms with Crippen LogP contribution in [-0.2, 0) is 11.3 Å². The first-order valence-electron chi connectivity index (χ1n) is 5.99. The van der Waals surface area contributed by atoms with Crippen LogP contribution in [0.3, 0.4) is 0 Å². The van der Waals surface area contributed by atoms with Crippen molar-refractivity contribution >= 4 is 40.6 Å². The SMILES string of the molecule is COc1csc(C(=O)NCc2ccc(/C=C/C(=O)O)s2)c1. The first kappa shape index (κ1) is 15.3. The smallest absolute Gasteiger partial charge is 0.328 e. The summed E-state index contributed by atoms with van der Waals surface area (Å²) in [5, 5.41) is 13.1. The number of methoxy groups -OCH3 is 1. The third kappa shape index (κ3) is 4.44. The zero-order valence-electron chi connectivity index (χ0n) is 11.2. The van der Waals surface area contributed by atoms with Crippen LogP contribution in [0, 0.1) is 0 Å². The molecule has 0 aromatic carbocycles. The maximum absolute atomic E-state index is 11.9. The molecule has 5 nitrogen and oxygen atoms in total. The standard InChI is InChI=1S/C14H13NO4S2/c1-19-9-6-12(20-8-9)14(18)15-7-11-3-2-10(21-11)4-5-13(16)17/h2-6,8H,7H2,1H3,(H,15,18)(H,16,17)/b5-4+. The van der Waals surface area contributed by atoms with Crippen molar-refractivity contribution in [2.45, 2.75) is 6.54 Å². The Labute approximate surface area is 129 Å². The molecule has 110 valence electrons. The van der Waals surface area contributed by atoms with E-state index >= 15 is 0 Å². The second-order valence-electron chi connectivity index (χ2n) is 4.01. The zero-order valence-corrected chi connectivity index (χ0v) is 12.8. The quantitative estimate of drug-likeness (QED) is 0.802. The van der Waals surface area contributed by atoms with Gasteiger partial charge in [0.25, 0.3) is 5.91 Å². The third-order valence-electron chi connectivity index (χ3n) is 2.53. The minimum absolute atomic E-state index is 0.153. The molecule has 0 aliphatic rings. The summed E-state index contributed by atoms with van der Waals surface area (Å²) >= 11 is 2.76. The number of hydrogen-bond donors (Lipinski definition) is 2. The second kappa shape index (κ2) is 7.05. The van der Waals surface area contributed by atoms with Gasteiger partial charge in [-0.3, -0.25) is 4.79 Å². The molecule has 2 rings (SSSR count). The van der Waals surface area contributed by atoms with E-state index < -0.39 is 5.97 Å². The third-order valence-corrected chi connectivity index (χ3v) is 4.49. The number of carboxylic acids is 1. The van der Waals surface area contributed by atoms with Crippen molar-refractivity contribution < 1.29 is 19.4 Å². The highest BCUT2D eigenvalue weighted by atomic mass is 32.1. The summed E-state index contributed by atoms with van der Waals surface area (Å²) in [7, 11) is 1.56. The highest BCUT2D eigenvalue weighted by Crippen LogP contribution is 2.21. The Morgan fingerprint density at radius 2 is 2.24 bits per heavy atom. The van der Waals surface area contributed by atoms with Crippen molar-refractivity contribution in [3.8, 4) is 5.75 Å². The van der Waals surface area contributed by atoms with Gasteiger partial charge in [-0.15, -0.1) is 22.7 Å². The molecule has 1 amide bonds. The van der Waals surface area contributed by atoms with Crippen LogP contribution < -0.4 is 10.1 Å². The molecule has 0 unspecified atom stereocenters. The van der Waals surface area contributed by atoms with E-state index in [1.54, 1.807) is 18.6 Å². The molecular formula is C14H13NO4S2. The Morgan fingerprint density at radius 1 is 1.43 bits per heavy atom. The number of ether oxygens (including phenoxy) is 1. The maximum atomic E-state index is 11.9. The molecule has 2 aromatic rings. The molecule has 0 aliphatic heterocycles. The molecule has 0 aliphatic carbocycles. The molecule has 0 atom stereocenters. The van der Waals surface area contributed by atoms with Crippen molar-refractivity contribution in [3.63, 3.8) is 0 Å². The van der Waals surface area contributed by atoms with Crippen LogP contribution in [-0.4, -0.2) is 24.1 Å². The Balaban J connectivity index is 1.90. The van der Waals surface area contributed by atoms with Crippen LogP contribution in [0.4, 0.5) is 0 Å². The lowest BCUT2D eigenvalue weighted by Gasteiger charge is -2.00. The lowest BCUT2D eigenvalue weighted by Crippen LogP contribution is -2.21. The zero-order chi connectivity index (χ0) is 15.2. The van der Waals surface area contributed by atoms with Gasteiger partial charge < -0.3 is 15.2 Å². The number of amides is 1. The summed E-state index contributed by atoms with van der Waals surface area (Å²) in [5.74, 6) is -0.466. The van der Waals surface area contributed by atoms with Gasteiger partial charge in [-0.05, 0) is 18.2 Å². The molecule has 7 heteroatoms. The molecule has 0 saturated heterocycles. The van der Waals surface area contributed by atoms with Gasteiger partial charge in [0.1, 0.15) is 5.75 Å². The molecule has 0 radical (unpaired) electrons. The summed E-state index contributed by atoms with van der Waals surface area (Å²) in [6.07, 6.45) is 2.62. The van der Waals surface area contributed by atoms with Crippen molar-refractivity contribution in [1.82, 2.24) is 5.32 Å². The summed E-state index contributed by atoms with van der Waals surface area (Å²) in [6.45, 7) is 0.407. The topological polar surface area (TPSA) is 75.6 Å². The fraction of sp³-hybridized carbons (Fsp3) is 0.143. The fourth-order valence-electron chi connectivity index (χ4n) is 1.53. The van der Waals surface area contributed by atoms with E-state index in [-0.39, 0.29) is 5.91 Å². The monoisotopic (exact) mass is 323 g/mol. The first-order valence-corrected chi connectivity index (χ1v) is 7.68. The molecule has 2 heterocycles. The normalized spacial score (nSPS) is 10.7. The van der Waals surface area contributed by atoms with E-state index in [9.17, 15) is 9.59 Å². The average Bonchev–Trinajstić information content (AvgIpc) is 3.11. The largest absolute Gasteiger partial charge is 0.496 e. The van der Waals surface area contributed by atoms with E-state index in [1.165, 1.54) is 28.7 Å². The van der Waals surface area contributed by atoms with E-state index in [4.69, 9.17) is 9.84 Å². The summed E-state index contributed by atoms with van der Waals surface area (Å²) in [6, 6.07) is 5.37. The number of carbonyl (C=O) groups is 2. The van der Waals surface area contributed by atoms with Gasteiger partial charge in [-0.2, -0.15) is 0 Å². The van der Waals surface area contributed by atoms with E-state index in [0.717, 1.165) is 15.8 Å². The molecule has 0 saturated carbocycles. The van der Waals surface area contributed by atoms with Crippen molar-refractivity contribution in [2.24, 2.45) is 0 Å². The van der Waals surface area contributed by atoms with Crippen LogP contribution in [0.15, 0.2) is 29.7 Å². The van der Waals surface area contributed by atoms with Gasteiger partial charge in [-0.25, -0.2) is 4.79 Å². The maximum Gasteiger partial charge on any atom is 0.328 e. The molecule has 0 fully saturated rings. The minimum atomic E-state index is -0.982. The highest BCUT2D eigenvalue weighted by Gasteiger charge is 2.09. The van der Waals surface area contributed by atoms with Gasteiger partial charge in [0, 0.05) is 27.3 Å². The van der Waals surface area contributed by atoms with Crippen LogP contribution in [0.5, 0.6) is 5.75 Å². The summed E-state index contributed by atoms with van der Waals surface area (Å²) in [5.41, 5.74) is 0. The van der Waals surface area contributed by atoms with Gasteiger partial charge in [0.2, 0.25) is 0 Å². The predicted octanol–water partition coefficient (Wildman–Crippen LogP) is 2.85. The minimum Gasteiger partial charge on any atom is -0.496 e. The Bertz CT molecular complexity index is 672. The van der Waals surface area contributed by atoms with E-state index in [1.807, 2.05) is 12.1 Å². The molecule has 2 aromatic heterocycles. The molecule has 0 spiro atoms. The molecule has 2 N–H and O–H groups in total. The number of carbonyl (C=O) groups excluding carboxylic acids is 1. The first-order chi connectivity index (χ1) is 10.1. The Hall–Kier alpha value is -2.12. The number of hydrogen-bond acceptors (Lipinski definition) is 5.